The van der Waals surface area contributed by atoms with Crippen molar-refractivity contribution in [1.82, 2.24) is 8.96 Å². The van der Waals surface area contributed by atoms with Gasteiger partial charge in [-0.1, -0.05) is 24.3 Å². The summed E-state index contributed by atoms with van der Waals surface area (Å²) in [5.41, 5.74) is 1.34. The van der Waals surface area contributed by atoms with Crippen molar-refractivity contribution in [3.8, 4) is 11.8 Å². The highest BCUT2D eigenvalue weighted by molar-refractivity contribution is 7.98. The summed E-state index contributed by atoms with van der Waals surface area (Å²) in [6, 6.07) is 13.1. The highest BCUT2D eigenvalue weighted by atomic mass is 32.2. The molecule has 114 valence electrons. The monoisotopic (exact) mass is 342 g/mol. The number of aryl methyl sites for hydroxylation is 1. The molecular weight excluding hydrogens is 332 g/mol. The zero-order valence-corrected chi connectivity index (χ0v) is 13.6. The first kappa shape index (κ1) is 14.2. The van der Waals surface area contributed by atoms with Crippen LogP contribution in [0.3, 0.4) is 0 Å². The minimum atomic E-state index is -0.239. The number of benzene rings is 2. The van der Waals surface area contributed by atoms with Gasteiger partial charge >= 0.3 is 11.2 Å². The first-order valence-corrected chi connectivity index (χ1v) is 8.01. The van der Waals surface area contributed by atoms with E-state index >= 15 is 0 Å². The topological polar surface area (TPSA) is 53.4 Å². The zero-order valence-electron chi connectivity index (χ0n) is 12.0. The van der Waals surface area contributed by atoms with Gasteiger partial charge in [0.1, 0.15) is 11.1 Å². The van der Waals surface area contributed by atoms with Crippen LogP contribution in [-0.4, -0.2) is 14.2 Å². The summed E-state index contributed by atoms with van der Waals surface area (Å²) in [6.45, 7) is 1.98. The molecule has 2 aliphatic heterocycles. The molecule has 0 atom stereocenters. The quantitative estimate of drug-likeness (QED) is 0.666. The Morgan fingerprint density at radius 1 is 1.13 bits per heavy atom. The highest BCUT2D eigenvalue weighted by Gasteiger charge is 2.23. The number of hydrogen-bond donors (Lipinski definition) is 0. The maximum Gasteiger partial charge on any atom is 0.365 e. The Hall–Kier alpha value is -2.38. The Kier molecular flexibility index (Phi) is 3.32. The van der Waals surface area contributed by atoms with E-state index in [2.05, 4.69) is 4.98 Å². The summed E-state index contributed by atoms with van der Waals surface area (Å²) in [5, 5.41) is 0.313. The van der Waals surface area contributed by atoms with Crippen molar-refractivity contribution in [2.45, 2.75) is 11.8 Å². The third-order valence-electron chi connectivity index (χ3n) is 3.44. The molecule has 7 heteroatoms. The lowest BCUT2D eigenvalue weighted by Crippen LogP contribution is -2.27. The molecule has 0 fully saturated rings. The van der Waals surface area contributed by atoms with Crippen molar-refractivity contribution in [1.29, 1.82) is 0 Å². The predicted molar refractivity (Wildman–Crippen MR) is 92.3 cm³/mol. The van der Waals surface area contributed by atoms with E-state index in [0.29, 0.717) is 16.7 Å². The Morgan fingerprint density at radius 2 is 1.96 bits per heavy atom. The maximum atomic E-state index is 12.9. The van der Waals surface area contributed by atoms with Gasteiger partial charge in [0.25, 0.3) is 5.56 Å². The van der Waals surface area contributed by atoms with Crippen molar-refractivity contribution in [2.24, 2.45) is 0 Å². The molecule has 0 radical (unpaired) electrons. The molecule has 0 spiro atoms. The Bertz CT molecular complexity index is 1010. The lowest BCUT2D eigenvalue weighted by atomic mass is 10.2. The number of rotatable bonds is 2. The van der Waals surface area contributed by atoms with E-state index in [0.717, 1.165) is 10.5 Å². The number of thiocarbonyl (C=S) groups is 1. The van der Waals surface area contributed by atoms with Gasteiger partial charge in [0.15, 0.2) is 0 Å². The average Bonchev–Trinajstić information content (AvgIpc) is 2.51. The van der Waals surface area contributed by atoms with E-state index < -0.39 is 0 Å². The molecule has 5 rings (SSSR count). The Balaban J connectivity index is 1.99. The van der Waals surface area contributed by atoms with Crippen molar-refractivity contribution in [3.63, 3.8) is 0 Å². The molecule has 0 saturated carbocycles. The molecule has 1 aromatic heterocycles. The van der Waals surface area contributed by atoms with Gasteiger partial charge in [0.2, 0.25) is 0 Å². The molecule has 2 aliphatic rings. The molecule has 0 aliphatic carbocycles. The van der Waals surface area contributed by atoms with Crippen LogP contribution in [-0.2, 0) is 0 Å². The fraction of sp³-hybridized carbons (Fsp3) is 0.0625. The van der Waals surface area contributed by atoms with Crippen LogP contribution in [0.1, 0.15) is 5.56 Å². The van der Waals surface area contributed by atoms with Crippen LogP contribution in [0, 0.1) is 6.92 Å². The lowest BCUT2D eigenvalue weighted by molar-refractivity contribution is 0.377. The van der Waals surface area contributed by atoms with Gasteiger partial charge in [-0.05, 0) is 30.7 Å². The van der Waals surface area contributed by atoms with E-state index in [4.69, 9.17) is 21.7 Å². The van der Waals surface area contributed by atoms with Crippen LogP contribution >= 0.6 is 24.2 Å². The molecule has 0 amide bonds. The third kappa shape index (κ3) is 2.38. The number of ether oxygens (including phenoxy) is 2. The number of fused-ring (bicyclic) bond motifs is 3. The molecule has 3 heterocycles. The second-order valence-electron chi connectivity index (χ2n) is 4.96. The molecule has 23 heavy (non-hydrogen) atoms. The Labute approximate surface area is 141 Å². The van der Waals surface area contributed by atoms with Crippen molar-refractivity contribution < 1.29 is 9.47 Å². The van der Waals surface area contributed by atoms with Gasteiger partial charge in [-0.25, -0.2) is 0 Å². The number of hydrogen-bond acceptors (Lipinski definition) is 6. The lowest BCUT2D eigenvalue weighted by Gasteiger charge is -2.18. The van der Waals surface area contributed by atoms with Crippen molar-refractivity contribution in [2.75, 3.05) is 0 Å². The predicted octanol–water partition coefficient (Wildman–Crippen LogP) is 3.32. The molecule has 0 N–H and O–H groups in total. The molecule has 2 aromatic carbocycles. The number of aromatic nitrogens is 2. The van der Waals surface area contributed by atoms with E-state index in [1.54, 1.807) is 18.2 Å². The summed E-state index contributed by atoms with van der Waals surface area (Å²) in [5.74, 6) is 0.357. The molecular formula is C16H10N2O3S2. The normalized spacial score (nSPS) is 12.8. The van der Waals surface area contributed by atoms with Crippen molar-refractivity contribution >= 4 is 40.3 Å². The highest BCUT2D eigenvalue weighted by Crippen LogP contribution is 2.31. The summed E-state index contributed by atoms with van der Waals surface area (Å²) < 4.78 is 12.3. The van der Waals surface area contributed by atoms with E-state index in [1.807, 2.05) is 31.2 Å². The first-order chi connectivity index (χ1) is 11.1. The van der Waals surface area contributed by atoms with E-state index in [1.165, 1.54) is 15.9 Å². The summed E-state index contributed by atoms with van der Waals surface area (Å²) in [7, 11) is 0. The molecule has 0 saturated heterocycles. The molecule has 4 bridgehead atoms. The number of nitrogens with zero attached hydrogens (tertiary/aromatic N) is 2. The van der Waals surface area contributed by atoms with E-state index in [9.17, 15) is 4.79 Å². The van der Waals surface area contributed by atoms with Gasteiger partial charge in [-0.2, -0.15) is 8.96 Å². The van der Waals surface area contributed by atoms with Gasteiger partial charge in [0.05, 0.1) is 5.52 Å². The maximum absolute atomic E-state index is 12.9. The van der Waals surface area contributed by atoms with Crippen LogP contribution in [0.25, 0.3) is 10.9 Å². The summed E-state index contributed by atoms with van der Waals surface area (Å²) >= 11 is 6.30. The van der Waals surface area contributed by atoms with Crippen LogP contribution in [0.5, 0.6) is 11.8 Å². The second kappa shape index (κ2) is 5.36. The standard InChI is InChI=1S/C16H10N2O3S2/c1-9-5-2-3-8-12(9)23-18-14(19)13-10-6-4-7-11(13)20-16(22)21-15(18)17-10/h2-8H,1H3. The van der Waals surface area contributed by atoms with Gasteiger partial charge in [0, 0.05) is 29.1 Å². The van der Waals surface area contributed by atoms with E-state index in [-0.39, 0.29) is 16.8 Å². The largest absolute Gasteiger partial charge is 0.416 e. The molecule has 0 unspecified atom stereocenters. The fourth-order valence-corrected chi connectivity index (χ4v) is 3.38. The second-order valence-corrected chi connectivity index (χ2v) is 6.28. The van der Waals surface area contributed by atoms with Crippen LogP contribution in [0.15, 0.2) is 52.2 Å². The van der Waals surface area contributed by atoms with Crippen molar-refractivity contribution in [3.05, 3.63) is 58.4 Å². The third-order valence-corrected chi connectivity index (χ3v) is 4.77. The zero-order chi connectivity index (χ0) is 16.0. The van der Waals surface area contributed by atoms with Gasteiger partial charge in [-0.3, -0.25) is 4.79 Å². The smallest absolute Gasteiger partial charge is 0.365 e. The SMILES string of the molecule is Cc1ccccc1Sn1c2nc3cccc(c3c1=O)OC(=S)O2. The summed E-state index contributed by atoms with van der Waals surface area (Å²) in [4.78, 5) is 18.2. The fourth-order valence-electron chi connectivity index (χ4n) is 2.34. The molecule has 3 aromatic rings. The minimum Gasteiger partial charge on any atom is -0.416 e. The van der Waals surface area contributed by atoms with Crippen LogP contribution in [0.4, 0.5) is 0 Å². The van der Waals surface area contributed by atoms with Gasteiger partial charge < -0.3 is 9.47 Å². The average molecular weight is 342 g/mol. The van der Waals surface area contributed by atoms with Crippen LogP contribution in [0.2, 0.25) is 0 Å². The minimum absolute atomic E-state index is 0.0790. The summed E-state index contributed by atoms with van der Waals surface area (Å²) in [6.07, 6.45) is 0. The van der Waals surface area contributed by atoms with Crippen LogP contribution < -0.4 is 15.0 Å². The first-order valence-electron chi connectivity index (χ1n) is 6.83. The molecule has 5 nitrogen and oxygen atoms in total. The van der Waals surface area contributed by atoms with Gasteiger partial charge in [-0.15, -0.1) is 0 Å². The Morgan fingerprint density at radius 3 is 2.78 bits per heavy atom.